The molecule has 7 heteroatoms. The van der Waals surface area contributed by atoms with Crippen LogP contribution >= 0.6 is 0 Å². The van der Waals surface area contributed by atoms with E-state index in [1.54, 1.807) is 29.2 Å². The number of halogens is 1. The minimum Gasteiger partial charge on any atom is -0.494 e. The highest BCUT2D eigenvalue weighted by Crippen LogP contribution is 2.19. The molecule has 1 N–H and O–H groups in total. The third-order valence-corrected chi connectivity index (χ3v) is 4.19. The third-order valence-electron chi connectivity index (χ3n) is 4.19. The lowest BCUT2D eigenvalue weighted by Gasteiger charge is -2.08. The SMILES string of the molecule is COc1ccc(CCC(=O)Nc2cnn(C[C@@H]3CCCO3)c2)cc1F. The van der Waals surface area contributed by atoms with Crippen LogP contribution in [0.25, 0.3) is 0 Å². The number of hydrogen-bond acceptors (Lipinski definition) is 4. The minimum atomic E-state index is -0.421. The molecule has 1 aliphatic rings. The second-order valence-electron chi connectivity index (χ2n) is 6.10. The lowest BCUT2D eigenvalue weighted by molar-refractivity contribution is -0.116. The average Bonchev–Trinajstić information content (AvgIpc) is 3.26. The first-order valence-electron chi connectivity index (χ1n) is 8.40. The van der Waals surface area contributed by atoms with E-state index >= 15 is 0 Å². The van der Waals surface area contributed by atoms with Crippen molar-refractivity contribution in [3.8, 4) is 5.75 Å². The molecule has 0 aliphatic carbocycles. The van der Waals surface area contributed by atoms with E-state index < -0.39 is 5.82 Å². The van der Waals surface area contributed by atoms with Crippen molar-refractivity contribution in [2.24, 2.45) is 0 Å². The Morgan fingerprint density at radius 3 is 3.12 bits per heavy atom. The molecule has 6 nitrogen and oxygen atoms in total. The molecule has 134 valence electrons. The normalized spacial score (nSPS) is 16.8. The summed E-state index contributed by atoms with van der Waals surface area (Å²) >= 11 is 0. The molecule has 0 saturated carbocycles. The zero-order valence-electron chi connectivity index (χ0n) is 14.2. The Bertz CT molecular complexity index is 726. The van der Waals surface area contributed by atoms with E-state index in [0.717, 1.165) is 25.0 Å². The van der Waals surface area contributed by atoms with Gasteiger partial charge in [0, 0.05) is 19.2 Å². The molecular weight excluding hydrogens is 325 g/mol. The predicted octanol–water partition coefficient (Wildman–Crippen LogP) is 2.78. The van der Waals surface area contributed by atoms with Crippen molar-refractivity contribution in [1.29, 1.82) is 0 Å². The Hall–Kier alpha value is -2.41. The van der Waals surface area contributed by atoms with Gasteiger partial charge in [0.1, 0.15) is 0 Å². The van der Waals surface area contributed by atoms with E-state index in [0.29, 0.717) is 18.7 Å². The number of carbonyl (C=O) groups excluding carboxylic acids is 1. The number of amides is 1. The van der Waals surface area contributed by atoms with Crippen LogP contribution < -0.4 is 10.1 Å². The molecule has 1 aromatic carbocycles. The molecule has 0 spiro atoms. The zero-order valence-corrected chi connectivity index (χ0v) is 14.2. The van der Waals surface area contributed by atoms with Crippen molar-refractivity contribution >= 4 is 11.6 Å². The lowest BCUT2D eigenvalue weighted by Crippen LogP contribution is -2.15. The summed E-state index contributed by atoms with van der Waals surface area (Å²) in [5, 5.41) is 7.05. The summed E-state index contributed by atoms with van der Waals surface area (Å²) in [5.41, 5.74) is 1.41. The largest absolute Gasteiger partial charge is 0.494 e. The molecule has 1 fully saturated rings. The molecule has 1 aliphatic heterocycles. The van der Waals surface area contributed by atoms with Gasteiger partial charge in [0.25, 0.3) is 0 Å². The quantitative estimate of drug-likeness (QED) is 0.836. The van der Waals surface area contributed by atoms with Crippen molar-refractivity contribution in [3.63, 3.8) is 0 Å². The Kier molecular flexibility index (Phi) is 5.65. The maximum Gasteiger partial charge on any atom is 0.224 e. The molecule has 1 saturated heterocycles. The van der Waals surface area contributed by atoms with Gasteiger partial charge >= 0.3 is 0 Å². The third kappa shape index (κ3) is 4.79. The number of aryl methyl sites for hydroxylation is 1. The number of rotatable bonds is 7. The molecular formula is C18H22FN3O3. The maximum atomic E-state index is 13.6. The predicted molar refractivity (Wildman–Crippen MR) is 91.1 cm³/mol. The summed E-state index contributed by atoms with van der Waals surface area (Å²) in [5.74, 6) is -0.351. The first-order valence-corrected chi connectivity index (χ1v) is 8.40. The zero-order chi connectivity index (χ0) is 17.6. The standard InChI is InChI=1S/C18H22FN3O3/c1-24-17-6-4-13(9-16(17)19)5-7-18(23)21-14-10-20-22(11-14)12-15-3-2-8-25-15/h4,6,9-11,15H,2-3,5,7-8,12H2,1H3,(H,21,23)/t15-/m0/s1. The molecule has 1 aromatic heterocycles. The summed E-state index contributed by atoms with van der Waals surface area (Å²) in [6.07, 6.45) is 6.47. The Balaban J connectivity index is 1.47. The molecule has 1 atom stereocenters. The number of nitrogens with zero attached hydrogens (tertiary/aromatic N) is 2. The van der Waals surface area contributed by atoms with Gasteiger partial charge in [-0.1, -0.05) is 6.07 Å². The van der Waals surface area contributed by atoms with Gasteiger partial charge in [-0.25, -0.2) is 4.39 Å². The number of hydrogen-bond donors (Lipinski definition) is 1. The smallest absolute Gasteiger partial charge is 0.224 e. The number of methoxy groups -OCH3 is 1. The van der Waals surface area contributed by atoms with Crippen LogP contribution in [0.5, 0.6) is 5.75 Å². The fourth-order valence-electron chi connectivity index (χ4n) is 2.87. The van der Waals surface area contributed by atoms with Gasteiger partial charge in [-0.15, -0.1) is 0 Å². The van der Waals surface area contributed by atoms with Crippen LogP contribution in [-0.2, 0) is 22.5 Å². The van der Waals surface area contributed by atoms with E-state index in [2.05, 4.69) is 10.4 Å². The monoisotopic (exact) mass is 347 g/mol. The Labute approximate surface area is 145 Å². The minimum absolute atomic E-state index is 0.132. The average molecular weight is 347 g/mol. The highest BCUT2D eigenvalue weighted by Gasteiger charge is 2.16. The molecule has 0 bridgehead atoms. The lowest BCUT2D eigenvalue weighted by atomic mass is 10.1. The van der Waals surface area contributed by atoms with Gasteiger partial charge in [-0.2, -0.15) is 5.10 Å². The summed E-state index contributed by atoms with van der Waals surface area (Å²) < 4.78 is 25.9. The van der Waals surface area contributed by atoms with Crippen molar-refractivity contribution < 1.29 is 18.7 Å². The van der Waals surface area contributed by atoms with E-state index in [1.807, 2.05) is 0 Å². The number of anilines is 1. The Morgan fingerprint density at radius 1 is 1.52 bits per heavy atom. The number of nitrogens with one attached hydrogen (secondary N) is 1. The van der Waals surface area contributed by atoms with Gasteiger partial charge < -0.3 is 14.8 Å². The van der Waals surface area contributed by atoms with Gasteiger partial charge in [0.05, 0.1) is 31.6 Å². The first-order chi connectivity index (χ1) is 12.1. The van der Waals surface area contributed by atoms with Crippen molar-refractivity contribution in [2.45, 2.75) is 38.3 Å². The van der Waals surface area contributed by atoms with E-state index in [1.165, 1.54) is 13.2 Å². The van der Waals surface area contributed by atoms with Crippen LogP contribution in [0, 0.1) is 5.82 Å². The van der Waals surface area contributed by atoms with Crippen molar-refractivity contribution in [3.05, 3.63) is 42.0 Å². The highest BCUT2D eigenvalue weighted by atomic mass is 19.1. The number of benzene rings is 1. The molecule has 2 heterocycles. The first kappa shape index (κ1) is 17.4. The summed E-state index contributed by atoms with van der Waals surface area (Å²) in [6, 6.07) is 4.72. The van der Waals surface area contributed by atoms with Gasteiger partial charge in [0.15, 0.2) is 11.6 Å². The van der Waals surface area contributed by atoms with Gasteiger partial charge in [0.2, 0.25) is 5.91 Å². The van der Waals surface area contributed by atoms with Crippen LogP contribution in [0.3, 0.4) is 0 Å². The molecule has 1 amide bonds. The van der Waals surface area contributed by atoms with Crippen LogP contribution in [0.2, 0.25) is 0 Å². The second-order valence-corrected chi connectivity index (χ2v) is 6.10. The number of carbonyl (C=O) groups is 1. The van der Waals surface area contributed by atoms with Crippen LogP contribution in [0.1, 0.15) is 24.8 Å². The highest BCUT2D eigenvalue weighted by molar-refractivity contribution is 5.90. The van der Waals surface area contributed by atoms with Crippen LogP contribution in [-0.4, -0.2) is 35.5 Å². The van der Waals surface area contributed by atoms with E-state index in [4.69, 9.17) is 9.47 Å². The van der Waals surface area contributed by atoms with Gasteiger partial charge in [-0.05, 0) is 37.0 Å². The van der Waals surface area contributed by atoms with Crippen LogP contribution in [0.15, 0.2) is 30.6 Å². The fraction of sp³-hybridized carbons (Fsp3) is 0.444. The molecule has 0 radical (unpaired) electrons. The number of ether oxygens (including phenoxy) is 2. The number of aromatic nitrogens is 2. The van der Waals surface area contributed by atoms with Gasteiger partial charge in [-0.3, -0.25) is 9.48 Å². The molecule has 25 heavy (non-hydrogen) atoms. The van der Waals surface area contributed by atoms with E-state index in [9.17, 15) is 9.18 Å². The topological polar surface area (TPSA) is 65.4 Å². The van der Waals surface area contributed by atoms with Crippen molar-refractivity contribution in [2.75, 3.05) is 19.0 Å². The Morgan fingerprint density at radius 2 is 2.40 bits per heavy atom. The summed E-state index contributed by atoms with van der Waals surface area (Å²) in [4.78, 5) is 12.1. The molecule has 2 aromatic rings. The van der Waals surface area contributed by atoms with Crippen molar-refractivity contribution in [1.82, 2.24) is 9.78 Å². The summed E-state index contributed by atoms with van der Waals surface area (Å²) in [7, 11) is 1.42. The molecule has 0 unspecified atom stereocenters. The van der Waals surface area contributed by atoms with E-state index in [-0.39, 0.29) is 24.2 Å². The second kappa shape index (κ2) is 8.11. The summed E-state index contributed by atoms with van der Waals surface area (Å²) in [6.45, 7) is 1.50. The van der Waals surface area contributed by atoms with Crippen LogP contribution in [0.4, 0.5) is 10.1 Å². The maximum absolute atomic E-state index is 13.6. The fourth-order valence-corrected chi connectivity index (χ4v) is 2.87. The molecule has 3 rings (SSSR count).